The quantitative estimate of drug-likeness (QED) is 0.287. The third kappa shape index (κ3) is 5.36. The summed E-state index contributed by atoms with van der Waals surface area (Å²) in [5.41, 5.74) is 1.18. The fourth-order valence-corrected chi connectivity index (χ4v) is 5.51. The normalized spacial score (nSPS) is 16.3. The van der Waals surface area contributed by atoms with Crippen LogP contribution in [0.5, 0.6) is 0 Å². The number of piperidine rings is 1. The van der Waals surface area contributed by atoms with Crippen molar-refractivity contribution in [2.75, 3.05) is 13.1 Å². The second kappa shape index (κ2) is 10.3. The molecule has 0 aliphatic carbocycles. The summed E-state index contributed by atoms with van der Waals surface area (Å²) in [4.78, 5) is 30.5. The van der Waals surface area contributed by atoms with Gasteiger partial charge in [0.25, 0.3) is 5.92 Å². The zero-order valence-electron chi connectivity index (χ0n) is 20.6. The number of fused-ring (bicyclic) bond motifs is 1. The molecule has 1 atom stereocenters. The fraction of sp³-hybridized carbons (Fsp3) is 0.423. The molecule has 1 aliphatic heterocycles. The third-order valence-electron chi connectivity index (χ3n) is 7.07. The molecule has 37 heavy (non-hydrogen) atoms. The van der Waals surface area contributed by atoms with Crippen LogP contribution in [-0.4, -0.2) is 49.5 Å². The van der Waals surface area contributed by atoms with E-state index in [0.29, 0.717) is 42.4 Å². The lowest BCUT2D eigenvalue weighted by molar-refractivity contribution is -0.138. The first-order valence-corrected chi connectivity index (χ1v) is 12.6. The van der Waals surface area contributed by atoms with E-state index in [-0.39, 0.29) is 44.9 Å². The number of hydrogen-bond acceptors (Lipinski definition) is 5. The maximum Gasteiger partial charge on any atom is 0.303 e. The van der Waals surface area contributed by atoms with Gasteiger partial charge in [0, 0.05) is 61.7 Å². The number of carboxylic acids is 1. The number of rotatable bonds is 7. The molecule has 0 radical (unpaired) electrons. The van der Waals surface area contributed by atoms with Crippen molar-refractivity contribution in [2.45, 2.75) is 45.3 Å². The topological polar surface area (TPSA) is 95.7 Å². The molecule has 0 saturated carbocycles. The smallest absolute Gasteiger partial charge is 0.303 e. The van der Waals surface area contributed by atoms with Crippen molar-refractivity contribution < 1.29 is 28.6 Å². The van der Waals surface area contributed by atoms with Gasteiger partial charge in [0.05, 0.1) is 16.3 Å². The largest absolute Gasteiger partial charge is 0.481 e. The Morgan fingerprint density at radius 2 is 1.86 bits per heavy atom. The monoisotopic (exact) mass is 553 g/mol. The first-order chi connectivity index (χ1) is 17.3. The van der Waals surface area contributed by atoms with Gasteiger partial charge in [-0.1, -0.05) is 23.2 Å². The van der Waals surface area contributed by atoms with Gasteiger partial charge in [-0.15, -0.1) is 0 Å². The van der Waals surface area contributed by atoms with Crippen molar-refractivity contribution in [1.82, 2.24) is 14.5 Å². The van der Waals surface area contributed by atoms with Gasteiger partial charge in [-0.3, -0.25) is 14.5 Å². The standard InChI is InChI=1S/C26H27Cl2F2N3O4/c1-13-8-15(26(2,29)30)10-18-16(13)11-19(32(18)3)23(36)21-22(27)17(12-31-24(21)28)25(37)33-6-4-14(5-7-33)9-20(34)35/h8,10-12,14,25,37H,4-7,9H2,1-3H3,(H,34,35). The number of carbonyl (C=O) groups excluding carboxylic acids is 1. The third-order valence-corrected chi connectivity index (χ3v) is 7.76. The maximum absolute atomic E-state index is 14.0. The van der Waals surface area contributed by atoms with Gasteiger partial charge in [-0.05, 0) is 49.4 Å². The minimum Gasteiger partial charge on any atom is -0.481 e. The Morgan fingerprint density at radius 3 is 2.46 bits per heavy atom. The highest BCUT2D eigenvalue weighted by Gasteiger charge is 2.31. The summed E-state index contributed by atoms with van der Waals surface area (Å²) in [6.07, 6.45) is 1.42. The molecule has 1 saturated heterocycles. The van der Waals surface area contributed by atoms with Crippen LogP contribution in [0.3, 0.4) is 0 Å². The molecule has 3 aromatic rings. The highest BCUT2D eigenvalue weighted by molar-refractivity contribution is 6.40. The van der Waals surface area contributed by atoms with Crippen LogP contribution in [0.1, 0.15) is 65.2 Å². The van der Waals surface area contributed by atoms with E-state index in [2.05, 4.69) is 4.98 Å². The highest BCUT2D eigenvalue weighted by Crippen LogP contribution is 2.37. The number of aromatic nitrogens is 2. The number of aliphatic hydroxyl groups is 1. The summed E-state index contributed by atoms with van der Waals surface area (Å²) in [6.45, 7) is 3.42. The lowest BCUT2D eigenvalue weighted by atomic mass is 9.93. The van der Waals surface area contributed by atoms with Gasteiger partial charge >= 0.3 is 5.97 Å². The van der Waals surface area contributed by atoms with Crippen LogP contribution in [0.15, 0.2) is 24.4 Å². The van der Waals surface area contributed by atoms with Crippen LogP contribution in [0.2, 0.25) is 10.2 Å². The molecule has 1 unspecified atom stereocenters. The van der Waals surface area contributed by atoms with Crippen LogP contribution in [0.25, 0.3) is 10.9 Å². The second-order valence-corrected chi connectivity index (χ2v) is 10.4. The van der Waals surface area contributed by atoms with Crippen molar-refractivity contribution in [3.63, 3.8) is 0 Å². The number of alkyl halides is 2. The zero-order valence-corrected chi connectivity index (χ0v) is 22.1. The Balaban J connectivity index is 1.68. The number of ketones is 1. The average molecular weight is 554 g/mol. The van der Waals surface area contributed by atoms with Crippen LogP contribution in [-0.2, 0) is 17.8 Å². The number of halogens is 4. The van der Waals surface area contributed by atoms with Crippen molar-refractivity contribution >= 4 is 45.9 Å². The van der Waals surface area contributed by atoms with Crippen LogP contribution >= 0.6 is 23.2 Å². The Hall–Kier alpha value is -2.59. The predicted octanol–water partition coefficient (Wildman–Crippen LogP) is 5.71. The number of aryl methyl sites for hydroxylation is 2. The Bertz CT molecular complexity index is 1380. The van der Waals surface area contributed by atoms with Gasteiger partial charge in [0.15, 0.2) is 0 Å². The van der Waals surface area contributed by atoms with E-state index < -0.39 is 23.9 Å². The highest BCUT2D eigenvalue weighted by atomic mass is 35.5. The molecule has 1 aliphatic rings. The van der Waals surface area contributed by atoms with Crippen LogP contribution in [0.4, 0.5) is 8.78 Å². The van der Waals surface area contributed by atoms with Crippen molar-refractivity contribution in [1.29, 1.82) is 0 Å². The molecule has 7 nitrogen and oxygen atoms in total. The summed E-state index contributed by atoms with van der Waals surface area (Å²) < 4.78 is 29.5. The molecule has 198 valence electrons. The maximum atomic E-state index is 14.0. The van der Waals surface area contributed by atoms with E-state index in [1.54, 1.807) is 24.9 Å². The summed E-state index contributed by atoms with van der Waals surface area (Å²) in [6, 6.07) is 4.36. The van der Waals surface area contributed by atoms with E-state index in [9.17, 15) is 23.5 Å². The lowest BCUT2D eigenvalue weighted by Crippen LogP contribution is -2.37. The van der Waals surface area contributed by atoms with Crippen molar-refractivity contribution in [3.8, 4) is 0 Å². The average Bonchev–Trinajstić information content (AvgIpc) is 3.15. The number of carboxylic acid groups (broad SMARTS) is 1. The fourth-order valence-electron chi connectivity index (χ4n) is 4.91. The van der Waals surface area contributed by atoms with E-state index in [0.717, 1.165) is 6.92 Å². The molecule has 0 spiro atoms. The molecule has 3 heterocycles. The van der Waals surface area contributed by atoms with E-state index >= 15 is 0 Å². The molecule has 4 rings (SSSR count). The SMILES string of the molecule is Cc1cc(C(C)(F)F)cc2c1cc(C(=O)c1c(Cl)ncc(C(O)N3CCC(CC(=O)O)CC3)c1Cl)n2C. The Kier molecular flexibility index (Phi) is 7.63. The first kappa shape index (κ1) is 27.4. The lowest BCUT2D eigenvalue weighted by Gasteiger charge is -2.35. The molecule has 11 heteroatoms. The van der Waals surface area contributed by atoms with Gasteiger partial charge < -0.3 is 14.8 Å². The number of carbonyl (C=O) groups is 2. The molecular formula is C26H27Cl2F2N3O4. The minimum absolute atomic E-state index is 0.0278. The van der Waals surface area contributed by atoms with E-state index in [1.165, 1.54) is 22.9 Å². The molecule has 0 bridgehead atoms. The molecule has 0 amide bonds. The summed E-state index contributed by atoms with van der Waals surface area (Å²) in [5.74, 6) is -4.42. The summed E-state index contributed by atoms with van der Waals surface area (Å²) in [7, 11) is 1.60. The van der Waals surface area contributed by atoms with Crippen molar-refractivity contribution in [3.05, 3.63) is 62.5 Å². The van der Waals surface area contributed by atoms with Gasteiger partial charge in [0.2, 0.25) is 5.78 Å². The van der Waals surface area contributed by atoms with E-state index in [1.807, 2.05) is 0 Å². The number of pyridine rings is 1. The first-order valence-electron chi connectivity index (χ1n) is 11.8. The minimum atomic E-state index is -3.05. The van der Waals surface area contributed by atoms with Gasteiger partial charge in [-0.25, -0.2) is 13.8 Å². The molecule has 2 aromatic heterocycles. The molecular weight excluding hydrogens is 527 g/mol. The second-order valence-electron chi connectivity index (χ2n) is 9.68. The predicted molar refractivity (Wildman–Crippen MR) is 136 cm³/mol. The number of aliphatic hydroxyl groups excluding tert-OH is 1. The van der Waals surface area contributed by atoms with Gasteiger partial charge in [-0.2, -0.15) is 0 Å². The van der Waals surface area contributed by atoms with Crippen molar-refractivity contribution in [2.24, 2.45) is 13.0 Å². The Labute approximate surface area is 222 Å². The number of hydrogen-bond donors (Lipinski definition) is 2. The summed E-state index contributed by atoms with van der Waals surface area (Å²) >= 11 is 12.9. The molecule has 2 N–H and O–H groups in total. The molecule has 1 fully saturated rings. The number of nitrogens with zero attached hydrogens (tertiary/aromatic N) is 3. The van der Waals surface area contributed by atoms with Crippen LogP contribution < -0.4 is 0 Å². The van der Waals surface area contributed by atoms with Crippen LogP contribution in [0, 0.1) is 12.8 Å². The zero-order chi connectivity index (χ0) is 27.2. The summed E-state index contributed by atoms with van der Waals surface area (Å²) in [5, 5.41) is 20.5. The van der Waals surface area contributed by atoms with Gasteiger partial charge in [0.1, 0.15) is 11.4 Å². The number of benzene rings is 1. The number of likely N-dealkylation sites (tertiary alicyclic amines) is 1. The molecule has 1 aromatic carbocycles. The van der Waals surface area contributed by atoms with E-state index in [4.69, 9.17) is 28.3 Å². The number of aliphatic carboxylic acids is 1. The Morgan fingerprint density at radius 1 is 1.22 bits per heavy atom.